The number of alkyl halides is 1. The van der Waals surface area contributed by atoms with Crippen molar-refractivity contribution in [2.24, 2.45) is 5.92 Å². The zero-order valence-corrected chi connectivity index (χ0v) is 11.2. The molecule has 0 aromatic heterocycles. The fourth-order valence-corrected chi connectivity index (χ4v) is 2.81. The van der Waals surface area contributed by atoms with Crippen LogP contribution in [0.4, 0.5) is 0 Å². The third kappa shape index (κ3) is 3.14. The first-order chi connectivity index (χ1) is 8.06. The first-order valence-corrected chi connectivity index (χ1v) is 6.53. The molecule has 0 radical (unpaired) electrons. The lowest BCUT2D eigenvalue weighted by Gasteiger charge is -2.34. The van der Waals surface area contributed by atoms with Crippen LogP contribution in [-0.4, -0.2) is 29.8 Å². The molecule has 4 heteroatoms. The van der Waals surface area contributed by atoms with Gasteiger partial charge < -0.3 is 4.90 Å². The smallest absolute Gasteiger partial charge is 0.253 e. The molecule has 0 heterocycles. The van der Waals surface area contributed by atoms with E-state index in [0.717, 1.165) is 19.4 Å². The summed E-state index contributed by atoms with van der Waals surface area (Å²) in [6, 6.07) is 7.05. The molecule has 0 bridgehead atoms. The van der Waals surface area contributed by atoms with Crippen LogP contribution in [0.5, 0.6) is 0 Å². The Hall–Kier alpha value is -0.730. The van der Waals surface area contributed by atoms with Crippen LogP contribution >= 0.6 is 23.2 Å². The average Bonchev–Trinajstić information content (AvgIpc) is 2.26. The van der Waals surface area contributed by atoms with Crippen LogP contribution in [0.3, 0.4) is 0 Å². The van der Waals surface area contributed by atoms with Crippen LogP contribution in [0.1, 0.15) is 23.2 Å². The van der Waals surface area contributed by atoms with Crippen LogP contribution in [0.25, 0.3) is 0 Å². The van der Waals surface area contributed by atoms with E-state index in [1.54, 1.807) is 29.2 Å². The van der Waals surface area contributed by atoms with Crippen LogP contribution in [0, 0.1) is 5.92 Å². The van der Waals surface area contributed by atoms with Gasteiger partial charge in [-0.1, -0.05) is 17.7 Å². The van der Waals surface area contributed by atoms with Gasteiger partial charge in [0.1, 0.15) is 0 Å². The highest BCUT2D eigenvalue weighted by atomic mass is 35.5. The molecule has 1 aromatic rings. The summed E-state index contributed by atoms with van der Waals surface area (Å²) in [7, 11) is 1.82. The van der Waals surface area contributed by atoms with Crippen molar-refractivity contribution in [2.75, 3.05) is 13.6 Å². The maximum absolute atomic E-state index is 12.1. The summed E-state index contributed by atoms with van der Waals surface area (Å²) in [4.78, 5) is 13.8. The summed E-state index contributed by atoms with van der Waals surface area (Å²) in [5.41, 5.74) is 0.641. The Kier molecular flexibility index (Phi) is 3.95. The minimum atomic E-state index is 0.0190. The van der Waals surface area contributed by atoms with Gasteiger partial charge in [0.25, 0.3) is 5.91 Å². The monoisotopic (exact) mass is 271 g/mol. The molecule has 17 heavy (non-hydrogen) atoms. The van der Waals surface area contributed by atoms with E-state index in [0.29, 0.717) is 21.9 Å². The molecule has 2 nitrogen and oxygen atoms in total. The molecular formula is C13H15Cl2NO. The molecular weight excluding hydrogens is 257 g/mol. The van der Waals surface area contributed by atoms with Crippen LogP contribution in [0.2, 0.25) is 5.02 Å². The van der Waals surface area contributed by atoms with Crippen molar-refractivity contribution in [3.63, 3.8) is 0 Å². The second-order valence-electron chi connectivity index (χ2n) is 4.63. The molecule has 1 saturated carbocycles. The van der Waals surface area contributed by atoms with Gasteiger partial charge in [0.05, 0.1) is 0 Å². The minimum absolute atomic E-state index is 0.0190. The van der Waals surface area contributed by atoms with Crippen molar-refractivity contribution in [1.29, 1.82) is 0 Å². The number of hydrogen-bond acceptors (Lipinski definition) is 1. The van der Waals surface area contributed by atoms with E-state index in [4.69, 9.17) is 23.2 Å². The lowest BCUT2D eigenvalue weighted by atomic mass is 9.84. The highest BCUT2D eigenvalue weighted by Gasteiger charge is 2.29. The van der Waals surface area contributed by atoms with Crippen molar-refractivity contribution in [1.82, 2.24) is 4.90 Å². The molecule has 2 rings (SSSR count). The molecule has 0 spiro atoms. The summed E-state index contributed by atoms with van der Waals surface area (Å²) in [6.07, 6.45) is 2.02. The molecule has 0 aliphatic heterocycles. The van der Waals surface area contributed by atoms with Crippen LogP contribution in [0.15, 0.2) is 24.3 Å². The maximum Gasteiger partial charge on any atom is 0.253 e. The summed E-state index contributed by atoms with van der Waals surface area (Å²) in [5.74, 6) is 0.566. The van der Waals surface area contributed by atoms with Gasteiger partial charge in [0, 0.05) is 29.6 Å². The Labute approximate surface area is 112 Å². The molecule has 1 amide bonds. The van der Waals surface area contributed by atoms with Crippen molar-refractivity contribution in [3.8, 4) is 0 Å². The Bertz CT molecular complexity index is 416. The number of rotatable bonds is 3. The van der Waals surface area contributed by atoms with Gasteiger partial charge in [-0.2, -0.15) is 0 Å². The highest BCUT2D eigenvalue weighted by Crippen LogP contribution is 2.32. The van der Waals surface area contributed by atoms with E-state index in [9.17, 15) is 4.79 Å². The number of carbonyl (C=O) groups is 1. The molecule has 0 unspecified atom stereocenters. The Morgan fingerprint density at radius 2 is 2.18 bits per heavy atom. The van der Waals surface area contributed by atoms with E-state index in [-0.39, 0.29) is 5.91 Å². The third-order valence-corrected chi connectivity index (χ3v) is 3.72. The van der Waals surface area contributed by atoms with Gasteiger partial charge in [-0.05, 0) is 37.0 Å². The summed E-state index contributed by atoms with van der Waals surface area (Å²) in [6.45, 7) is 0.772. The van der Waals surface area contributed by atoms with Gasteiger partial charge in [0.2, 0.25) is 0 Å². The van der Waals surface area contributed by atoms with Crippen LogP contribution < -0.4 is 0 Å². The summed E-state index contributed by atoms with van der Waals surface area (Å²) in [5, 5.41) is 0.892. The lowest BCUT2D eigenvalue weighted by molar-refractivity contribution is 0.0747. The van der Waals surface area contributed by atoms with Gasteiger partial charge in [0.15, 0.2) is 0 Å². The Balaban J connectivity index is 1.95. The topological polar surface area (TPSA) is 20.3 Å². The molecule has 92 valence electrons. The fourth-order valence-electron chi connectivity index (χ4n) is 2.12. The molecule has 0 atom stereocenters. The molecule has 1 aliphatic carbocycles. The van der Waals surface area contributed by atoms with Gasteiger partial charge in [-0.3, -0.25) is 4.79 Å². The SMILES string of the molecule is CN(CC1CC(Cl)C1)C(=O)c1cccc(Cl)c1. The normalized spacial score (nSPS) is 23.0. The largest absolute Gasteiger partial charge is 0.341 e. The van der Waals surface area contributed by atoms with E-state index in [2.05, 4.69) is 0 Å². The molecule has 0 N–H and O–H groups in total. The van der Waals surface area contributed by atoms with Gasteiger partial charge >= 0.3 is 0 Å². The number of benzene rings is 1. The van der Waals surface area contributed by atoms with E-state index in [1.807, 2.05) is 7.05 Å². The molecule has 0 saturated heterocycles. The predicted molar refractivity (Wildman–Crippen MR) is 70.8 cm³/mol. The van der Waals surface area contributed by atoms with Gasteiger partial charge in [-0.25, -0.2) is 0 Å². The molecule has 1 aromatic carbocycles. The van der Waals surface area contributed by atoms with Gasteiger partial charge in [-0.15, -0.1) is 11.6 Å². The molecule has 1 aliphatic rings. The zero-order valence-electron chi connectivity index (χ0n) is 9.70. The lowest BCUT2D eigenvalue weighted by Crippen LogP contribution is -2.37. The molecule has 1 fully saturated rings. The fraction of sp³-hybridized carbons (Fsp3) is 0.462. The number of carbonyl (C=O) groups excluding carboxylic acids is 1. The van der Waals surface area contributed by atoms with Crippen molar-refractivity contribution in [3.05, 3.63) is 34.9 Å². The predicted octanol–water partition coefficient (Wildman–Crippen LogP) is 3.43. The van der Waals surface area contributed by atoms with E-state index >= 15 is 0 Å². The Morgan fingerprint density at radius 3 is 2.76 bits per heavy atom. The quantitative estimate of drug-likeness (QED) is 0.772. The minimum Gasteiger partial charge on any atom is -0.341 e. The number of amides is 1. The first-order valence-electron chi connectivity index (χ1n) is 5.71. The summed E-state index contributed by atoms with van der Waals surface area (Å²) < 4.78 is 0. The number of halogens is 2. The van der Waals surface area contributed by atoms with Crippen molar-refractivity contribution in [2.45, 2.75) is 18.2 Å². The standard InChI is InChI=1S/C13H15Cl2NO/c1-16(8-9-5-12(15)6-9)13(17)10-3-2-4-11(14)7-10/h2-4,7,9,12H,5-6,8H2,1H3. The van der Waals surface area contributed by atoms with Crippen molar-refractivity contribution >= 4 is 29.1 Å². The summed E-state index contributed by atoms with van der Waals surface area (Å²) >= 11 is 11.8. The second-order valence-corrected chi connectivity index (χ2v) is 5.68. The third-order valence-electron chi connectivity index (χ3n) is 3.13. The van der Waals surface area contributed by atoms with Crippen LogP contribution in [-0.2, 0) is 0 Å². The number of hydrogen-bond donors (Lipinski definition) is 0. The second kappa shape index (κ2) is 5.28. The van der Waals surface area contributed by atoms with E-state index < -0.39 is 0 Å². The van der Waals surface area contributed by atoms with E-state index in [1.165, 1.54) is 0 Å². The average molecular weight is 272 g/mol. The highest BCUT2D eigenvalue weighted by molar-refractivity contribution is 6.30. The van der Waals surface area contributed by atoms with Crippen molar-refractivity contribution < 1.29 is 4.79 Å². The Morgan fingerprint density at radius 1 is 1.47 bits per heavy atom. The zero-order chi connectivity index (χ0) is 12.4. The first kappa shape index (κ1) is 12.7. The maximum atomic E-state index is 12.1. The number of nitrogens with zero attached hydrogens (tertiary/aromatic N) is 1.